The number of rotatable bonds is 8. The highest BCUT2D eigenvalue weighted by Crippen LogP contribution is 2.22. The van der Waals surface area contributed by atoms with Gasteiger partial charge >= 0.3 is 0 Å². The third-order valence-corrected chi connectivity index (χ3v) is 6.26. The Labute approximate surface area is 188 Å². The molecule has 32 heavy (non-hydrogen) atoms. The van der Waals surface area contributed by atoms with Gasteiger partial charge in [0.05, 0.1) is 24.3 Å². The van der Waals surface area contributed by atoms with Gasteiger partial charge in [0.1, 0.15) is 0 Å². The molecular formula is C24H31N5O3. The summed E-state index contributed by atoms with van der Waals surface area (Å²) in [4.78, 5) is 40.9. The molecule has 1 aromatic heterocycles. The van der Waals surface area contributed by atoms with Gasteiger partial charge in [0.15, 0.2) is 0 Å². The fourth-order valence-electron chi connectivity index (χ4n) is 4.46. The number of carbonyl (C=O) groups is 2. The van der Waals surface area contributed by atoms with E-state index < -0.39 is 0 Å². The van der Waals surface area contributed by atoms with Crippen molar-refractivity contribution in [3.05, 3.63) is 58.5 Å². The molecule has 1 atom stereocenters. The van der Waals surface area contributed by atoms with Crippen molar-refractivity contribution in [1.82, 2.24) is 20.0 Å². The molecule has 3 heterocycles. The van der Waals surface area contributed by atoms with Crippen LogP contribution >= 0.6 is 0 Å². The first-order valence-corrected chi connectivity index (χ1v) is 11.5. The van der Waals surface area contributed by atoms with E-state index in [1.807, 2.05) is 35.2 Å². The Hall–Kier alpha value is -3.16. The van der Waals surface area contributed by atoms with Crippen LogP contribution in [0.25, 0.3) is 0 Å². The molecule has 2 aromatic rings. The van der Waals surface area contributed by atoms with Crippen LogP contribution in [0.4, 0.5) is 5.69 Å². The first-order chi connectivity index (χ1) is 15.6. The van der Waals surface area contributed by atoms with Gasteiger partial charge in [-0.2, -0.15) is 5.10 Å². The first kappa shape index (κ1) is 22.0. The molecule has 0 unspecified atom stereocenters. The second-order valence-electron chi connectivity index (χ2n) is 8.61. The number of carbonyl (C=O) groups excluding carboxylic acids is 2. The van der Waals surface area contributed by atoms with E-state index in [9.17, 15) is 14.4 Å². The van der Waals surface area contributed by atoms with Gasteiger partial charge in [-0.05, 0) is 31.2 Å². The van der Waals surface area contributed by atoms with E-state index >= 15 is 0 Å². The van der Waals surface area contributed by atoms with Gasteiger partial charge in [-0.3, -0.25) is 14.4 Å². The summed E-state index contributed by atoms with van der Waals surface area (Å²) in [5.74, 6) is 0.162. The van der Waals surface area contributed by atoms with Crippen molar-refractivity contribution in [3.63, 3.8) is 0 Å². The van der Waals surface area contributed by atoms with Crippen LogP contribution in [0.5, 0.6) is 0 Å². The van der Waals surface area contributed by atoms with Crippen molar-refractivity contribution >= 4 is 17.5 Å². The molecule has 0 aliphatic carbocycles. The predicted molar refractivity (Wildman–Crippen MR) is 122 cm³/mol. The summed E-state index contributed by atoms with van der Waals surface area (Å²) in [5, 5.41) is 7.38. The number of amides is 2. The van der Waals surface area contributed by atoms with Crippen molar-refractivity contribution < 1.29 is 9.59 Å². The Kier molecular flexibility index (Phi) is 7.19. The van der Waals surface area contributed by atoms with Crippen LogP contribution in [0.2, 0.25) is 0 Å². The number of benzene rings is 1. The minimum Gasteiger partial charge on any atom is -0.369 e. The SMILES string of the molecule is O=C(NCCCN1CCCC1=O)[C@H]1CCCN(c2cnn(Cc3ccccc3)c(=O)c2)C1. The average Bonchev–Trinajstić information content (AvgIpc) is 3.23. The van der Waals surface area contributed by atoms with E-state index in [1.165, 1.54) is 4.68 Å². The predicted octanol–water partition coefficient (Wildman–Crippen LogP) is 1.64. The number of hydrogen-bond acceptors (Lipinski definition) is 5. The van der Waals surface area contributed by atoms with Crippen LogP contribution in [-0.4, -0.2) is 59.2 Å². The lowest BCUT2D eigenvalue weighted by Crippen LogP contribution is -2.44. The summed E-state index contributed by atoms with van der Waals surface area (Å²) in [6.45, 7) is 3.96. The maximum atomic E-state index is 12.7. The van der Waals surface area contributed by atoms with Crippen LogP contribution < -0.4 is 15.8 Å². The summed E-state index contributed by atoms with van der Waals surface area (Å²) >= 11 is 0. The number of nitrogens with zero attached hydrogens (tertiary/aromatic N) is 4. The van der Waals surface area contributed by atoms with Crippen LogP contribution in [0.1, 0.15) is 37.7 Å². The van der Waals surface area contributed by atoms with Crippen LogP contribution in [0.3, 0.4) is 0 Å². The first-order valence-electron chi connectivity index (χ1n) is 11.5. The van der Waals surface area contributed by atoms with Crippen molar-refractivity contribution in [2.45, 2.75) is 38.6 Å². The average molecular weight is 438 g/mol. The Morgan fingerprint density at radius 1 is 1.12 bits per heavy atom. The zero-order chi connectivity index (χ0) is 22.3. The van der Waals surface area contributed by atoms with E-state index in [2.05, 4.69) is 15.3 Å². The van der Waals surface area contributed by atoms with Crippen molar-refractivity contribution in [2.24, 2.45) is 5.92 Å². The van der Waals surface area contributed by atoms with Crippen molar-refractivity contribution in [3.8, 4) is 0 Å². The molecule has 4 rings (SSSR count). The lowest BCUT2D eigenvalue weighted by molar-refractivity contribution is -0.127. The van der Waals surface area contributed by atoms with Gasteiger partial charge in [0.25, 0.3) is 5.56 Å². The number of aromatic nitrogens is 2. The monoisotopic (exact) mass is 437 g/mol. The minimum absolute atomic E-state index is 0.0489. The molecule has 2 saturated heterocycles. The van der Waals surface area contributed by atoms with E-state index in [0.717, 1.165) is 50.0 Å². The van der Waals surface area contributed by atoms with Gasteiger partial charge in [-0.1, -0.05) is 30.3 Å². The second-order valence-corrected chi connectivity index (χ2v) is 8.61. The normalized spacial score (nSPS) is 18.8. The van der Waals surface area contributed by atoms with E-state index in [4.69, 9.17) is 0 Å². The van der Waals surface area contributed by atoms with E-state index in [-0.39, 0.29) is 23.3 Å². The largest absolute Gasteiger partial charge is 0.369 e. The number of likely N-dealkylation sites (tertiary alicyclic amines) is 1. The van der Waals surface area contributed by atoms with Gasteiger partial charge < -0.3 is 15.1 Å². The zero-order valence-electron chi connectivity index (χ0n) is 18.4. The molecule has 0 spiro atoms. The maximum absolute atomic E-state index is 12.7. The fourth-order valence-corrected chi connectivity index (χ4v) is 4.46. The third-order valence-electron chi connectivity index (χ3n) is 6.26. The Morgan fingerprint density at radius 2 is 1.97 bits per heavy atom. The lowest BCUT2D eigenvalue weighted by atomic mass is 9.97. The standard InChI is InChI=1S/C24H31N5O3/c30-22-10-5-12-27(22)14-6-11-25-24(32)20-9-4-13-28(18-20)21-15-23(31)29(26-16-21)17-19-7-2-1-3-8-19/h1-3,7-8,15-16,20H,4-6,9-14,17-18H2,(H,25,32)/t20-/m0/s1. The topological polar surface area (TPSA) is 87.5 Å². The molecule has 2 aliphatic heterocycles. The molecule has 2 amide bonds. The van der Waals surface area contributed by atoms with Crippen LogP contribution in [0, 0.1) is 5.92 Å². The summed E-state index contributed by atoms with van der Waals surface area (Å²) in [6, 6.07) is 11.4. The molecule has 8 nitrogen and oxygen atoms in total. The maximum Gasteiger partial charge on any atom is 0.269 e. The molecule has 0 saturated carbocycles. The number of piperidine rings is 1. The molecule has 2 aliphatic rings. The molecule has 0 radical (unpaired) electrons. The second kappa shape index (κ2) is 10.4. The summed E-state index contributed by atoms with van der Waals surface area (Å²) in [6.07, 6.45) is 5.82. The molecular weight excluding hydrogens is 406 g/mol. The molecule has 1 N–H and O–H groups in total. The van der Waals surface area contributed by atoms with Gasteiger partial charge in [0, 0.05) is 45.2 Å². The summed E-state index contributed by atoms with van der Waals surface area (Å²) in [7, 11) is 0. The Balaban J connectivity index is 1.28. The van der Waals surface area contributed by atoms with Crippen LogP contribution in [-0.2, 0) is 16.1 Å². The quantitative estimate of drug-likeness (QED) is 0.635. The van der Waals surface area contributed by atoms with Gasteiger partial charge in [-0.25, -0.2) is 4.68 Å². The molecule has 170 valence electrons. The van der Waals surface area contributed by atoms with E-state index in [1.54, 1.807) is 12.3 Å². The number of hydrogen-bond donors (Lipinski definition) is 1. The summed E-state index contributed by atoms with van der Waals surface area (Å²) in [5.41, 5.74) is 1.65. The molecule has 8 heteroatoms. The highest BCUT2D eigenvalue weighted by Gasteiger charge is 2.26. The van der Waals surface area contributed by atoms with Gasteiger partial charge in [0.2, 0.25) is 11.8 Å². The minimum atomic E-state index is -0.144. The van der Waals surface area contributed by atoms with Crippen molar-refractivity contribution in [2.75, 3.05) is 37.6 Å². The highest BCUT2D eigenvalue weighted by atomic mass is 16.2. The Morgan fingerprint density at radius 3 is 2.72 bits per heavy atom. The summed E-state index contributed by atoms with van der Waals surface area (Å²) < 4.78 is 1.46. The third kappa shape index (κ3) is 5.55. The number of nitrogens with one attached hydrogen (secondary N) is 1. The highest BCUT2D eigenvalue weighted by molar-refractivity contribution is 5.79. The smallest absolute Gasteiger partial charge is 0.269 e. The van der Waals surface area contributed by atoms with Crippen molar-refractivity contribution in [1.29, 1.82) is 0 Å². The molecule has 2 fully saturated rings. The fraction of sp³-hybridized carbons (Fsp3) is 0.500. The van der Waals surface area contributed by atoms with Crippen LogP contribution in [0.15, 0.2) is 47.4 Å². The lowest BCUT2D eigenvalue weighted by Gasteiger charge is -2.33. The van der Waals surface area contributed by atoms with E-state index in [0.29, 0.717) is 32.6 Å². The molecule has 1 aromatic carbocycles. The zero-order valence-corrected chi connectivity index (χ0v) is 18.4. The Bertz CT molecular complexity index is 991. The number of anilines is 1. The molecule has 0 bridgehead atoms. The van der Waals surface area contributed by atoms with Gasteiger partial charge in [-0.15, -0.1) is 0 Å².